The lowest BCUT2D eigenvalue weighted by atomic mass is 9.74. The number of hydrazine groups is 1. The molecule has 1 aromatic carbocycles. The number of hydrogen-bond donors (Lipinski definition) is 3. The number of likely N-dealkylation sites (tertiary alicyclic amines) is 1. The van der Waals surface area contributed by atoms with Gasteiger partial charge in [0.2, 0.25) is 5.91 Å². The van der Waals surface area contributed by atoms with Crippen LogP contribution in [0.15, 0.2) is 42.6 Å². The zero-order valence-corrected chi connectivity index (χ0v) is 20.0. The Morgan fingerprint density at radius 3 is 2.94 bits per heavy atom. The fourth-order valence-electron chi connectivity index (χ4n) is 6.06. The van der Waals surface area contributed by atoms with E-state index in [2.05, 4.69) is 38.2 Å². The van der Waals surface area contributed by atoms with Crippen LogP contribution in [0.2, 0.25) is 0 Å². The third kappa shape index (κ3) is 5.32. The van der Waals surface area contributed by atoms with Gasteiger partial charge in [-0.3, -0.25) is 15.2 Å². The van der Waals surface area contributed by atoms with Crippen LogP contribution < -0.4 is 16.2 Å². The fraction of sp³-hybridized carbons (Fsp3) is 0.556. The van der Waals surface area contributed by atoms with Crippen molar-refractivity contribution < 1.29 is 9.18 Å². The standard InChI is InChI=1S/C27H36FN5O/c1-18-15-20(10-12-29-18)26-23-16-21(8-9-25(23)31-32-26)27(34)30-22-6-4-13-33(17-22)14-11-19-5-2-3-7-24(19)28/h2-3,5,7,10,12,15,21-23,25-26,31-32H,4,6,8-9,11,13-14,16-17H2,1H3,(H,30,34)/t21?,22-,23?,25?,26?/m1/s1. The van der Waals surface area contributed by atoms with Gasteiger partial charge in [-0.25, -0.2) is 9.82 Å². The number of hydrogen-bond acceptors (Lipinski definition) is 5. The van der Waals surface area contributed by atoms with Gasteiger partial charge in [0.15, 0.2) is 0 Å². The zero-order valence-electron chi connectivity index (χ0n) is 20.0. The summed E-state index contributed by atoms with van der Waals surface area (Å²) in [4.78, 5) is 19.9. The quantitative estimate of drug-likeness (QED) is 0.611. The molecule has 1 saturated carbocycles. The number of benzene rings is 1. The number of halogens is 1. The molecule has 2 aliphatic heterocycles. The Kier molecular flexibility index (Phi) is 7.23. The fourth-order valence-corrected chi connectivity index (χ4v) is 6.06. The van der Waals surface area contributed by atoms with Crippen molar-refractivity contribution in [1.29, 1.82) is 0 Å². The van der Waals surface area contributed by atoms with E-state index in [0.29, 0.717) is 18.4 Å². The number of nitrogens with zero attached hydrogens (tertiary/aromatic N) is 2. The van der Waals surface area contributed by atoms with Gasteiger partial charge < -0.3 is 10.2 Å². The largest absolute Gasteiger partial charge is 0.352 e. The van der Waals surface area contributed by atoms with Crippen LogP contribution in [0.4, 0.5) is 4.39 Å². The maximum absolute atomic E-state index is 14.0. The van der Waals surface area contributed by atoms with E-state index in [1.54, 1.807) is 6.07 Å². The summed E-state index contributed by atoms with van der Waals surface area (Å²) < 4.78 is 14.0. The van der Waals surface area contributed by atoms with Crippen molar-refractivity contribution in [2.75, 3.05) is 19.6 Å². The highest BCUT2D eigenvalue weighted by Gasteiger charge is 2.43. The van der Waals surface area contributed by atoms with Crippen molar-refractivity contribution in [3.05, 3.63) is 65.2 Å². The summed E-state index contributed by atoms with van der Waals surface area (Å²) in [7, 11) is 0. The predicted molar refractivity (Wildman–Crippen MR) is 130 cm³/mol. The molecule has 0 radical (unpaired) electrons. The molecule has 182 valence electrons. The smallest absolute Gasteiger partial charge is 0.223 e. The highest BCUT2D eigenvalue weighted by molar-refractivity contribution is 5.79. The van der Waals surface area contributed by atoms with Gasteiger partial charge in [-0.05, 0) is 87.2 Å². The van der Waals surface area contributed by atoms with Gasteiger partial charge in [-0.2, -0.15) is 0 Å². The van der Waals surface area contributed by atoms with Crippen molar-refractivity contribution in [3.63, 3.8) is 0 Å². The number of rotatable bonds is 6. The van der Waals surface area contributed by atoms with Gasteiger partial charge in [0.05, 0.1) is 6.04 Å². The summed E-state index contributed by atoms with van der Waals surface area (Å²) in [5.74, 6) is 0.532. The summed E-state index contributed by atoms with van der Waals surface area (Å²) >= 11 is 0. The average Bonchev–Trinajstić information content (AvgIpc) is 3.27. The highest BCUT2D eigenvalue weighted by Crippen LogP contribution is 2.40. The second-order valence-electron chi connectivity index (χ2n) is 10.3. The first-order chi connectivity index (χ1) is 16.6. The van der Waals surface area contributed by atoms with Crippen LogP contribution in [0.25, 0.3) is 0 Å². The van der Waals surface area contributed by atoms with Crippen molar-refractivity contribution in [2.45, 2.75) is 63.6 Å². The molecular weight excluding hydrogens is 429 g/mol. The molecule has 3 N–H and O–H groups in total. The first-order valence-electron chi connectivity index (χ1n) is 12.8. The van der Waals surface area contributed by atoms with E-state index in [1.165, 1.54) is 11.6 Å². The molecule has 1 aliphatic carbocycles. The topological polar surface area (TPSA) is 69.3 Å². The number of carbonyl (C=O) groups excluding carboxylic acids is 1. The van der Waals surface area contributed by atoms with Crippen molar-refractivity contribution >= 4 is 5.91 Å². The number of aryl methyl sites for hydroxylation is 1. The lowest BCUT2D eigenvalue weighted by Gasteiger charge is -2.36. The molecule has 5 atom stereocenters. The van der Waals surface area contributed by atoms with Crippen LogP contribution in [0.5, 0.6) is 0 Å². The molecule has 4 unspecified atom stereocenters. The van der Waals surface area contributed by atoms with Gasteiger partial charge in [-0.1, -0.05) is 18.2 Å². The lowest BCUT2D eigenvalue weighted by Crippen LogP contribution is -2.50. The number of piperidine rings is 1. The number of nitrogens with one attached hydrogen (secondary N) is 3. The number of fused-ring (bicyclic) bond motifs is 1. The monoisotopic (exact) mass is 465 g/mol. The number of amides is 1. The lowest BCUT2D eigenvalue weighted by molar-refractivity contribution is -0.127. The first-order valence-corrected chi connectivity index (χ1v) is 12.8. The van der Waals surface area contributed by atoms with Gasteiger partial charge in [0, 0.05) is 43.0 Å². The Morgan fingerprint density at radius 2 is 2.09 bits per heavy atom. The molecule has 5 rings (SSSR count). The van der Waals surface area contributed by atoms with E-state index in [9.17, 15) is 9.18 Å². The average molecular weight is 466 g/mol. The SMILES string of the molecule is Cc1cc(C2NNC3CCC(C(=O)N[C@@H]4CCCN(CCc5ccccc5F)C4)CC32)ccn1. The van der Waals surface area contributed by atoms with Crippen LogP contribution in [-0.2, 0) is 11.2 Å². The van der Waals surface area contributed by atoms with E-state index in [4.69, 9.17) is 0 Å². The van der Waals surface area contributed by atoms with E-state index >= 15 is 0 Å². The highest BCUT2D eigenvalue weighted by atomic mass is 19.1. The summed E-state index contributed by atoms with van der Waals surface area (Å²) in [6.45, 7) is 4.70. The van der Waals surface area contributed by atoms with Crippen LogP contribution in [0.3, 0.4) is 0 Å². The Bertz CT molecular complexity index is 1000. The second-order valence-corrected chi connectivity index (χ2v) is 10.3. The first kappa shape index (κ1) is 23.4. The zero-order chi connectivity index (χ0) is 23.5. The van der Waals surface area contributed by atoms with Gasteiger partial charge in [0.25, 0.3) is 0 Å². The summed E-state index contributed by atoms with van der Waals surface area (Å²) in [6.07, 6.45) is 7.48. The van der Waals surface area contributed by atoms with E-state index in [-0.39, 0.29) is 29.7 Å². The van der Waals surface area contributed by atoms with Crippen LogP contribution in [0.1, 0.15) is 55.0 Å². The molecule has 7 heteroatoms. The minimum absolute atomic E-state index is 0.0576. The number of carbonyl (C=O) groups is 1. The van der Waals surface area contributed by atoms with Crippen LogP contribution in [-0.4, -0.2) is 47.5 Å². The Balaban J connectivity index is 1.15. The molecular formula is C27H36FN5O. The molecule has 0 spiro atoms. The Hall–Kier alpha value is -2.35. The molecule has 1 amide bonds. The van der Waals surface area contributed by atoms with Crippen molar-refractivity contribution in [2.24, 2.45) is 11.8 Å². The van der Waals surface area contributed by atoms with Crippen molar-refractivity contribution in [3.8, 4) is 0 Å². The third-order valence-corrected chi connectivity index (χ3v) is 7.91. The number of pyridine rings is 1. The van der Waals surface area contributed by atoms with E-state index in [0.717, 1.165) is 63.0 Å². The van der Waals surface area contributed by atoms with Gasteiger partial charge in [-0.15, -0.1) is 0 Å². The van der Waals surface area contributed by atoms with Gasteiger partial charge >= 0.3 is 0 Å². The molecule has 1 aromatic heterocycles. The third-order valence-electron chi connectivity index (χ3n) is 7.91. The molecule has 0 bridgehead atoms. The van der Waals surface area contributed by atoms with Crippen molar-refractivity contribution in [1.82, 2.24) is 26.1 Å². The number of aromatic nitrogens is 1. The maximum atomic E-state index is 14.0. The molecule has 2 aromatic rings. The van der Waals surface area contributed by atoms with E-state index < -0.39 is 0 Å². The summed E-state index contributed by atoms with van der Waals surface area (Å²) in [5.41, 5.74) is 9.97. The summed E-state index contributed by atoms with van der Waals surface area (Å²) in [5, 5.41) is 3.37. The minimum Gasteiger partial charge on any atom is -0.352 e. The molecule has 34 heavy (non-hydrogen) atoms. The van der Waals surface area contributed by atoms with E-state index in [1.807, 2.05) is 25.3 Å². The Morgan fingerprint density at radius 1 is 1.21 bits per heavy atom. The molecule has 3 aliphatic rings. The predicted octanol–water partition coefficient (Wildman–Crippen LogP) is 3.29. The minimum atomic E-state index is -0.129. The summed E-state index contributed by atoms with van der Waals surface area (Å²) in [6, 6.07) is 12.0. The van der Waals surface area contributed by atoms with Crippen LogP contribution in [0, 0.1) is 24.6 Å². The molecule has 6 nitrogen and oxygen atoms in total. The molecule has 2 saturated heterocycles. The molecule has 3 fully saturated rings. The maximum Gasteiger partial charge on any atom is 0.223 e. The molecule has 3 heterocycles. The van der Waals surface area contributed by atoms with Gasteiger partial charge in [0.1, 0.15) is 5.82 Å². The Labute approximate surface area is 201 Å². The second kappa shape index (κ2) is 10.5. The normalized spacial score (nSPS) is 29.5. The van der Waals surface area contributed by atoms with Crippen LogP contribution >= 0.6 is 0 Å².